The number of carbonyl (C=O) groups excluding carboxylic acids is 2. The number of hydroxylamine groups is 1. The minimum absolute atomic E-state index is 0.0379. The van der Waals surface area contributed by atoms with Crippen LogP contribution in [0, 0.1) is 11.7 Å². The Kier molecular flexibility index (Phi) is 7.47. The van der Waals surface area contributed by atoms with Crippen molar-refractivity contribution in [2.24, 2.45) is 5.92 Å². The van der Waals surface area contributed by atoms with Crippen molar-refractivity contribution < 1.29 is 29.1 Å². The average molecular weight is 475 g/mol. The molecule has 4 rings (SSSR count). The molecule has 2 aromatic rings. The second-order valence-corrected chi connectivity index (χ2v) is 9.15. The molecule has 0 spiro atoms. The summed E-state index contributed by atoms with van der Waals surface area (Å²) in [7, 11) is 0. The van der Waals surface area contributed by atoms with Gasteiger partial charge in [-0.3, -0.25) is 19.7 Å². The number of hydrogen-bond acceptors (Lipinski definition) is 5. The number of unbranched alkanes of at least 4 members (excludes halogenated alkanes) is 2. The number of carbonyl (C=O) groups is 3. The molecule has 1 aromatic heterocycles. The van der Waals surface area contributed by atoms with Crippen LogP contribution < -0.4 is 5.48 Å². The SMILES string of the molecule is O=C(CCCCCn1c2c(c3cc(F)ccc31)C(=O)C(CN1CCN(C(=O)O)CC1)CC2)NO. The van der Waals surface area contributed by atoms with Crippen molar-refractivity contribution in [2.75, 3.05) is 32.7 Å². The highest BCUT2D eigenvalue weighted by atomic mass is 19.1. The first kappa shape index (κ1) is 24.2. The fourth-order valence-corrected chi connectivity index (χ4v) is 5.21. The fourth-order valence-electron chi connectivity index (χ4n) is 5.21. The van der Waals surface area contributed by atoms with Crippen molar-refractivity contribution in [1.82, 2.24) is 19.8 Å². The maximum atomic E-state index is 14.1. The summed E-state index contributed by atoms with van der Waals surface area (Å²) in [5, 5.41) is 18.4. The Balaban J connectivity index is 1.48. The van der Waals surface area contributed by atoms with Gasteiger partial charge in [-0.1, -0.05) is 6.42 Å². The predicted octanol–water partition coefficient (Wildman–Crippen LogP) is 2.89. The molecule has 10 heteroatoms. The third-order valence-corrected chi connectivity index (χ3v) is 7.01. The van der Waals surface area contributed by atoms with Crippen LogP contribution in [0.15, 0.2) is 18.2 Å². The highest BCUT2D eigenvalue weighted by Gasteiger charge is 2.34. The minimum Gasteiger partial charge on any atom is -0.465 e. The van der Waals surface area contributed by atoms with Gasteiger partial charge in [0.1, 0.15) is 5.82 Å². The molecule has 3 N–H and O–H groups in total. The summed E-state index contributed by atoms with van der Waals surface area (Å²) in [6, 6.07) is 4.59. The standard InChI is InChI=1S/C24H31FN4O5/c25-17-6-8-19-18(14-17)22-20(29(19)9-3-1-2-4-21(30)26-34)7-5-16(23(22)31)15-27-10-12-28(13-11-27)24(32)33/h6,8,14,16,34H,1-5,7,9-13,15H2,(H,26,30)(H,32,33). The molecule has 0 radical (unpaired) electrons. The number of benzene rings is 1. The lowest BCUT2D eigenvalue weighted by Gasteiger charge is -2.35. The van der Waals surface area contributed by atoms with E-state index in [9.17, 15) is 18.8 Å². The normalized spacial score (nSPS) is 18.8. The molecule has 0 saturated carbocycles. The summed E-state index contributed by atoms with van der Waals surface area (Å²) in [5.41, 5.74) is 4.06. The van der Waals surface area contributed by atoms with Crippen molar-refractivity contribution in [3.8, 4) is 0 Å². The lowest BCUT2D eigenvalue weighted by molar-refractivity contribution is -0.129. The molecule has 2 aliphatic rings. The molecule has 1 aromatic carbocycles. The number of rotatable bonds is 8. The summed E-state index contributed by atoms with van der Waals surface area (Å²) in [5.74, 6) is -0.929. The number of carboxylic acid groups (broad SMARTS) is 1. The molecule has 1 unspecified atom stereocenters. The van der Waals surface area contributed by atoms with E-state index in [-0.39, 0.29) is 23.9 Å². The molecular weight excluding hydrogens is 443 g/mol. The first-order valence-electron chi connectivity index (χ1n) is 11.9. The van der Waals surface area contributed by atoms with Crippen LogP contribution in [-0.4, -0.2) is 75.2 Å². The molecular formula is C24H31FN4O5. The van der Waals surface area contributed by atoms with Crippen LogP contribution in [0.3, 0.4) is 0 Å². The Labute approximate surface area is 197 Å². The molecule has 184 valence electrons. The quantitative estimate of drug-likeness (QED) is 0.308. The highest BCUT2D eigenvalue weighted by molar-refractivity contribution is 6.11. The van der Waals surface area contributed by atoms with E-state index in [0.29, 0.717) is 63.1 Å². The lowest BCUT2D eigenvalue weighted by Crippen LogP contribution is -2.50. The first-order valence-corrected chi connectivity index (χ1v) is 11.9. The van der Waals surface area contributed by atoms with Gasteiger partial charge >= 0.3 is 6.09 Å². The fraction of sp³-hybridized carbons (Fsp3) is 0.542. The smallest absolute Gasteiger partial charge is 0.407 e. The van der Waals surface area contributed by atoms with Crippen molar-refractivity contribution in [3.63, 3.8) is 0 Å². The van der Waals surface area contributed by atoms with Crippen LogP contribution in [0.5, 0.6) is 0 Å². The van der Waals surface area contributed by atoms with Gasteiger partial charge in [0.2, 0.25) is 5.91 Å². The summed E-state index contributed by atoms with van der Waals surface area (Å²) < 4.78 is 16.3. The zero-order valence-corrected chi connectivity index (χ0v) is 19.1. The van der Waals surface area contributed by atoms with E-state index >= 15 is 0 Å². The van der Waals surface area contributed by atoms with Gasteiger partial charge in [0, 0.05) is 73.8 Å². The Morgan fingerprint density at radius 3 is 2.59 bits per heavy atom. The van der Waals surface area contributed by atoms with Crippen molar-refractivity contribution >= 4 is 28.7 Å². The number of ketones is 1. The zero-order chi connectivity index (χ0) is 24.2. The maximum absolute atomic E-state index is 14.1. The number of fused-ring (bicyclic) bond motifs is 3. The van der Waals surface area contributed by atoms with Crippen LogP contribution in [0.4, 0.5) is 9.18 Å². The van der Waals surface area contributed by atoms with Gasteiger partial charge in [-0.05, 0) is 43.9 Å². The van der Waals surface area contributed by atoms with Crippen LogP contribution >= 0.6 is 0 Å². The number of aryl methyl sites for hydroxylation is 1. The van der Waals surface area contributed by atoms with Gasteiger partial charge < -0.3 is 14.6 Å². The number of aromatic nitrogens is 1. The van der Waals surface area contributed by atoms with Gasteiger partial charge in [0.05, 0.1) is 0 Å². The molecule has 1 atom stereocenters. The monoisotopic (exact) mass is 474 g/mol. The third kappa shape index (κ3) is 5.07. The van der Waals surface area contributed by atoms with E-state index in [1.165, 1.54) is 17.0 Å². The van der Waals surface area contributed by atoms with Gasteiger partial charge in [-0.2, -0.15) is 0 Å². The molecule has 0 bridgehead atoms. The van der Waals surface area contributed by atoms with Gasteiger partial charge in [0.25, 0.3) is 0 Å². The van der Waals surface area contributed by atoms with Gasteiger partial charge in [-0.25, -0.2) is 14.7 Å². The molecule has 2 heterocycles. The van der Waals surface area contributed by atoms with Crippen molar-refractivity contribution in [3.05, 3.63) is 35.3 Å². The number of halogens is 1. The van der Waals surface area contributed by atoms with E-state index in [0.717, 1.165) is 30.5 Å². The van der Waals surface area contributed by atoms with Crippen molar-refractivity contribution in [2.45, 2.75) is 45.1 Å². The molecule has 1 fully saturated rings. The molecule has 1 saturated heterocycles. The van der Waals surface area contributed by atoms with Crippen molar-refractivity contribution in [1.29, 1.82) is 0 Å². The Bertz CT molecular complexity index is 1080. The van der Waals surface area contributed by atoms with E-state index in [2.05, 4.69) is 9.47 Å². The largest absolute Gasteiger partial charge is 0.465 e. The number of hydrogen-bond donors (Lipinski definition) is 3. The number of piperazine rings is 1. The van der Waals surface area contributed by atoms with Crippen LogP contribution in [0.2, 0.25) is 0 Å². The summed E-state index contributed by atoms with van der Waals surface area (Å²) in [4.78, 5) is 39.4. The lowest BCUT2D eigenvalue weighted by atomic mass is 9.84. The molecule has 34 heavy (non-hydrogen) atoms. The second kappa shape index (κ2) is 10.5. The molecule has 2 amide bonds. The van der Waals surface area contributed by atoms with E-state index in [4.69, 9.17) is 10.3 Å². The maximum Gasteiger partial charge on any atom is 0.407 e. The highest BCUT2D eigenvalue weighted by Crippen LogP contribution is 2.35. The van der Waals surface area contributed by atoms with Gasteiger partial charge in [0.15, 0.2) is 5.78 Å². The molecule has 1 aliphatic carbocycles. The summed E-state index contributed by atoms with van der Waals surface area (Å²) in [6.07, 6.45) is 3.03. The predicted molar refractivity (Wildman–Crippen MR) is 122 cm³/mol. The topological polar surface area (TPSA) is 115 Å². The number of nitrogens with one attached hydrogen (secondary N) is 1. The summed E-state index contributed by atoms with van der Waals surface area (Å²) >= 11 is 0. The average Bonchev–Trinajstić information content (AvgIpc) is 3.14. The van der Waals surface area contributed by atoms with E-state index in [1.54, 1.807) is 11.5 Å². The zero-order valence-electron chi connectivity index (χ0n) is 19.1. The second-order valence-electron chi connectivity index (χ2n) is 9.15. The first-order chi connectivity index (χ1) is 16.4. The number of nitrogens with zero attached hydrogens (tertiary/aromatic N) is 3. The van der Waals surface area contributed by atoms with Crippen LogP contribution in [0.25, 0.3) is 10.9 Å². The van der Waals surface area contributed by atoms with Gasteiger partial charge in [-0.15, -0.1) is 0 Å². The van der Waals surface area contributed by atoms with Crippen LogP contribution in [0.1, 0.15) is 48.2 Å². The minimum atomic E-state index is -0.912. The Morgan fingerprint density at radius 2 is 1.88 bits per heavy atom. The summed E-state index contributed by atoms with van der Waals surface area (Å²) in [6.45, 7) is 3.34. The van der Waals surface area contributed by atoms with E-state index < -0.39 is 12.0 Å². The Hall–Kier alpha value is -2.98. The number of amides is 2. The number of Topliss-reactive ketones (excluding diaryl/α,β-unsaturated/α-hetero) is 1. The molecule has 9 nitrogen and oxygen atoms in total. The Morgan fingerprint density at radius 1 is 1.12 bits per heavy atom. The third-order valence-electron chi connectivity index (χ3n) is 7.01. The van der Waals surface area contributed by atoms with E-state index in [1.807, 2.05) is 0 Å². The molecule has 1 aliphatic heterocycles. The van der Waals surface area contributed by atoms with Crippen LogP contribution in [-0.2, 0) is 17.8 Å².